The first-order chi connectivity index (χ1) is 7.18. The highest BCUT2D eigenvalue weighted by molar-refractivity contribution is 5.92. The molecule has 2 aliphatic carbocycles. The molecule has 1 aliphatic heterocycles. The molecule has 0 aromatic rings. The van der Waals surface area contributed by atoms with Crippen molar-refractivity contribution >= 4 is 5.97 Å². The van der Waals surface area contributed by atoms with Crippen LogP contribution in [0.2, 0.25) is 0 Å². The number of ether oxygens (including phenoxy) is 2. The van der Waals surface area contributed by atoms with Gasteiger partial charge in [0.15, 0.2) is 0 Å². The Kier molecular flexibility index (Phi) is 1.78. The van der Waals surface area contributed by atoms with Gasteiger partial charge in [0.05, 0.1) is 18.8 Å². The Bertz CT molecular complexity index is 347. The number of carbonyl (C=O) groups excluding carboxylic acids is 1. The zero-order valence-electron chi connectivity index (χ0n) is 9.16. The van der Waals surface area contributed by atoms with Crippen LogP contribution in [0.5, 0.6) is 0 Å². The Morgan fingerprint density at radius 2 is 2.40 bits per heavy atom. The highest BCUT2D eigenvalue weighted by Gasteiger charge is 2.69. The quantitative estimate of drug-likeness (QED) is 0.486. The minimum Gasteiger partial charge on any atom is -0.466 e. The van der Waals surface area contributed by atoms with Crippen LogP contribution in [-0.2, 0) is 14.3 Å². The summed E-state index contributed by atoms with van der Waals surface area (Å²) in [6.45, 7) is 2.16. The maximum atomic E-state index is 11.7. The van der Waals surface area contributed by atoms with Crippen LogP contribution >= 0.6 is 0 Å². The maximum absolute atomic E-state index is 11.7. The zero-order chi connectivity index (χ0) is 10.6. The fraction of sp³-hybridized carbons (Fsp3) is 0.750. The van der Waals surface area contributed by atoms with Crippen molar-refractivity contribution in [2.45, 2.75) is 37.9 Å². The molecule has 4 atom stereocenters. The predicted octanol–water partition coefficient (Wildman–Crippen LogP) is 1.67. The van der Waals surface area contributed by atoms with Crippen molar-refractivity contribution in [2.75, 3.05) is 7.11 Å². The molecule has 0 amide bonds. The second-order valence-electron chi connectivity index (χ2n) is 4.96. The van der Waals surface area contributed by atoms with Crippen LogP contribution < -0.4 is 0 Å². The number of hydrogen-bond donors (Lipinski definition) is 0. The summed E-state index contributed by atoms with van der Waals surface area (Å²) < 4.78 is 10.6. The number of allylic oxidation sites excluding steroid dienone is 1. The third-order valence-electron chi connectivity index (χ3n) is 4.08. The molecule has 0 unspecified atom stereocenters. The fourth-order valence-corrected chi connectivity index (χ4v) is 3.42. The van der Waals surface area contributed by atoms with Gasteiger partial charge >= 0.3 is 5.97 Å². The number of rotatable bonds is 1. The Hall–Kier alpha value is -0.830. The summed E-state index contributed by atoms with van der Waals surface area (Å²) in [5, 5.41) is 0. The molecule has 1 saturated heterocycles. The molecule has 3 rings (SSSR count). The van der Waals surface area contributed by atoms with E-state index in [1.54, 1.807) is 0 Å². The lowest BCUT2D eigenvalue weighted by molar-refractivity contribution is -0.137. The van der Waals surface area contributed by atoms with Gasteiger partial charge in [-0.15, -0.1) is 0 Å². The van der Waals surface area contributed by atoms with Crippen LogP contribution in [0.15, 0.2) is 11.6 Å². The largest absolute Gasteiger partial charge is 0.466 e. The molecule has 0 radical (unpaired) electrons. The number of methoxy groups -OCH3 is 1. The van der Waals surface area contributed by atoms with Crippen LogP contribution in [0.1, 0.15) is 26.2 Å². The predicted molar refractivity (Wildman–Crippen MR) is 54.2 cm³/mol. The van der Waals surface area contributed by atoms with Crippen molar-refractivity contribution in [3.63, 3.8) is 0 Å². The van der Waals surface area contributed by atoms with Gasteiger partial charge in [-0.1, -0.05) is 13.0 Å². The van der Waals surface area contributed by atoms with Crippen LogP contribution in [0.4, 0.5) is 0 Å². The fourth-order valence-electron chi connectivity index (χ4n) is 3.42. The van der Waals surface area contributed by atoms with Gasteiger partial charge in [-0.25, -0.2) is 4.79 Å². The normalized spacial score (nSPS) is 46.5. The van der Waals surface area contributed by atoms with Crippen molar-refractivity contribution in [1.29, 1.82) is 0 Å². The molecule has 3 aliphatic rings. The molecule has 3 heteroatoms. The van der Waals surface area contributed by atoms with Gasteiger partial charge in [-0.2, -0.15) is 0 Å². The summed E-state index contributed by atoms with van der Waals surface area (Å²) in [6.07, 6.45) is 5.79. The monoisotopic (exact) mass is 208 g/mol. The van der Waals surface area contributed by atoms with E-state index in [2.05, 4.69) is 6.92 Å². The molecule has 1 saturated carbocycles. The van der Waals surface area contributed by atoms with Crippen LogP contribution in [-0.4, -0.2) is 24.8 Å². The first-order valence-electron chi connectivity index (χ1n) is 5.67. The summed E-state index contributed by atoms with van der Waals surface area (Å²) >= 11 is 0. The van der Waals surface area contributed by atoms with Crippen LogP contribution in [0.3, 0.4) is 0 Å². The molecule has 0 N–H and O–H groups in total. The second-order valence-corrected chi connectivity index (χ2v) is 4.96. The summed E-state index contributed by atoms with van der Waals surface area (Å²) in [5.74, 6) is 0.810. The maximum Gasteiger partial charge on any atom is 0.336 e. The van der Waals surface area contributed by atoms with Gasteiger partial charge in [-0.3, -0.25) is 0 Å². The number of esters is 1. The molecule has 1 heterocycles. The Morgan fingerprint density at radius 3 is 3.07 bits per heavy atom. The first kappa shape index (κ1) is 9.40. The van der Waals surface area contributed by atoms with E-state index in [1.165, 1.54) is 13.5 Å². The van der Waals surface area contributed by atoms with E-state index < -0.39 is 0 Å². The smallest absolute Gasteiger partial charge is 0.336 e. The van der Waals surface area contributed by atoms with E-state index in [-0.39, 0.29) is 11.6 Å². The van der Waals surface area contributed by atoms with Crippen LogP contribution in [0.25, 0.3) is 0 Å². The highest BCUT2D eigenvalue weighted by atomic mass is 16.6. The van der Waals surface area contributed by atoms with E-state index >= 15 is 0 Å². The Labute approximate surface area is 89.4 Å². The van der Waals surface area contributed by atoms with E-state index in [9.17, 15) is 4.79 Å². The summed E-state index contributed by atoms with van der Waals surface area (Å²) in [7, 11) is 1.44. The van der Waals surface area contributed by atoms with Gasteiger partial charge in [0.25, 0.3) is 0 Å². The zero-order valence-corrected chi connectivity index (χ0v) is 9.16. The lowest BCUT2D eigenvalue weighted by atomic mass is 9.75. The van der Waals surface area contributed by atoms with Crippen molar-refractivity contribution in [3.8, 4) is 0 Å². The molecule has 1 spiro atoms. The molecular weight excluding hydrogens is 192 g/mol. The molecule has 0 bridgehead atoms. The summed E-state index contributed by atoms with van der Waals surface area (Å²) in [6, 6.07) is 0. The Balaban J connectivity index is 2.00. The van der Waals surface area contributed by atoms with Crippen LogP contribution in [0, 0.1) is 11.8 Å². The van der Waals surface area contributed by atoms with Gasteiger partial charge in [-0.05, 0) is 31.1 Å². The van der Waals surface area contributed by atoms with Gasteiger partial charge in [0.2, 0.25) is 0 Å². The Morgan fingerprint density at radius 1 is 1.60 bits per heavy atom. The molecule has 15 heavy (non-hydrogen) atoms. The molecule has 2 fully saturated rings. The molecule has 82 valence electrons. The van der Waals surface area contributed by atoms with Gasteiger partial charge in [0.1, 0.15) is 5.60 Å². The molecule has 3 nitrogen and oxygen atoms in total. The SMILES string of the molecule is COC(=O)C1=C[C@@H](C)C[C@H]2CC[C@H]3O[C@@]123. The third-order valence-corrected chi connectivity index (χ3v) is 4.08. The van der Waals surface area contributed by atoms with E-state index in [0.29, 0.717) is 17.9 Å². The minimum atomic E-state index is -0.237. The first-order valence-corrected chi connectivity index (χ1v) is 5.67. The van der Waals surface area contributed by atoms with Crippen molar-refractivity contribution in [2.24, 2.45) is 11.8 Å². The summed E-state index contributed by atoms with van der Waals surface area (Å²) in [4.78, 5) is 11.7. The van der Waals surface area contributed by atoms with Crippen molar-refractivity contribution in [1.82, 2.24) is 0 Å². The molecule has 0 aromatic heterocycles. The number of epoxide rings is 1. The number of hydrogen-bond acceptors (Lipinski definition) is 3. The minimum absolute atomic E-state index is 0.198. The van der Waals surface area contributed by atoms with E-state index in [1.807, 2.05) is 6.08 Å². The second kappa shape index (κ2) is 2.85. The summed E-state index contributed by atoms with van der Waals surface area (Å²) in [5.41, 5.74) is 0.552. The van der Waals surface area contributed by atoms with E-state index in [0.717, 1.165) is 18.4 Å². The number of carbonyl (C=O) groups is 1. The average molecular weight is 208 g/mol. The highest BCUT2D eigenvalue weighted by Crippen LogP contribution is 2.61. The van der Waals surface area contributed by atoms with Gasteiger partial charge in [0, 0.05) is 0 Å². The molecular formula is C12H16O3. The average Bonchev–Trinajstić information content (AvgIpc) is 2.85. The van der Waals surface area contributed by atoms with Crippen molar-refractivity contribution < 1.29 is 14.3 Å². The molecule has 0 aromatic carbocycles. The lowest BCUT2D eigenvalue weighted by Crippen LogP contribution is -2.34. The van der Waals surface area contributed by atoms with Gasteiger partial charge < -0.3 is 9.47 Å². The standard InChI is InChI=1S/C12H16O3/c1-7-5-8-3-4-10-12(8,15-10)9(6-7)11(13)14-2/h6-8,10H,3-5H2,1-2H3/t7-,8+,10+,12+/m0/s1. The van der Waals surface area contributed by atoms with E-state index in [4.69, 9.17) is 9.47 Å². The van der Waals surface area contributed by atoms with Crippen molar-refractivity contribution in [3.05, 3.63) is 11.6 Å². The topological polar surface area (TPSA) is 38.8 Å². The lowest BCUT2D eigenvalue weighted by Gasteiger charge is -2.29. The third kappa shape index (κ3) is 1.07.